The zero-order chi connectivity index (χ0) is 14.8. The van der Waals surface area contributed by atoms with Crippen molar-refractivity contribution in [2.24, 2.45) is 0 Å². The lowest BCUT2D eigenvalue weighted by Gasteiger charge is -2.16. The van der Waals surface area contributed by atoms with E-state index in [1.54, 1.807) is 0 Å². The van der Waals surface area contributed by atoms with Crippen LogP contribution in [-0.4, -0.2) is 18.1 Å². The number of pyridine rings is 1. The van der Waals surface area contributed by atoms with Gasteiger partial charge < -0.3 is 5.32 Å². The van der Waals surface area contributed by atoms with E-state index in [1.165, 1.54) is 21.9 Å². The molecule has 0 aliphatic carbocycles. The molecule has 4 rings (SSSR count). The molecule has 2 aromatic carbocycles. The molecule has 0 saturated heterocycles. The lowest BCUT2D eigenvalue weighted by atomic mass is 9.99. The third-order valence-electron chi connectivity index (χ3n) is 4.18. The van der Waals surface area contributed by atoms with E-state index in [1.807, 2.05) is 6.07 Å². The average molecular weight is 323 g/mol. The summed E-state index contributed by atoms with van der Waals surface area (Å²) in [5, 5.41) is 5.83. The summed E-state index contributed by atoms with van der Waals surface area (Å²) < 4.78 is 0. The van der Waals surface area contributed by atoms with Gasteiger partial charge in [0.1, 0.15) is 0 Å². The number of hydrogen-bond acceptors (Lipinski definition) is 2. The smallest absolute Gasteiger partial charge is 0.0787 e. The normalized spacial score (nSPS) is 14.2. The molecule has 0 saturated carbocycles. The first-order chi connectivity index (χ1) is 10.9. The van der Waals surface area contributed by atoms with Gasteiger partial charge in [-0.05, 0) is 30.0 Å². The molecular weight excluding hydrogens is 304 g/mol. The first-order valence-electron chi connectivity index (χ1n) is 7.77. The molecule has 1 aliphatic rings. The van der Waals surface area contributed by atoms with Crippen LogP contribution in [0.15, 0.2) is 66.7 Å². The van der Waals surface area contributed by atoms with Gasteiger partial charge >= 0.3 is 0 Å². The van der Waals surface area contributed by atoms with Crippen molar-refractivity contribution >= 4 is 28.8 Å². The van der Waals surface area contributed by atoms with E-state index >= 15 is 0 Å². The number of fused-ring (bicyclic) bond motifs is 1. The van der Waals surface area contributed by atoms with Crippen molar-refractivity contribution in [3.8, 4) is 11.3 Å². The maximum absolute atomic E-state index is 5.00. The van der Waals surface area contributed by atoms with Crippen molar-refractivity contribution in [2.75, 3.05) is 13.1 Å². The third-order valence-corrected chi connectivity index (χ3v) is 4.18. The molecule has 3 heteroatoms. The Bertz CT molecular complexity index is 841. The summed E-state index contributed by atoms with van der Waals surface area (Å²) in [5.41, 5.74) is 4.71. The van der Waals surface area contributed by atoms with E-state index in [2.05, 4.69) is 66.0 Å². The second-order valence-corrected chi connectivity index (χ2v) is 5.63. The van der Waals surface area contributed by atoms with Crippen molar-refractivity contribution in [3.63, 3.8) is 0 Å². The van der Waals surface area contributed by atoms with Crippen molar-refractivity contribution in [2.45, 2.75) is 6.42 Å². The first-order valence-corrected chi connectivity index (χ1v) is 7.77. The van der Waals surface area contributed by atoms with Crippen molar-refractivity contribution in [1.82, 2.24) is 10.3 Å². The first kappa shape index (κ1) is 15.7. The molecule has 0 spiro atoms. The molecule has 0 amide bonds. The minimum absolute atomic E-state index is 0. The van der Waals surface area contributed by atoms with Crippen LogP contribution in [0.3, 0.4) is 0 Å². The summed E-state index contributed by atoms with van der Waals surface area (Å²) in [6.45, 7) is 1.96. The van der Waals surface area contributed by atoms with Crippen LogP contribution in [0.1, 0.15) is 12.1 Å². The SMILES string of the molecule is C1=C(c2cc3ccccc3c(-c3ccccc3)n2)CCNC1.Cl. The predicted octanol–water partition coefficient (Wildman–Crippen LogP) is 4.70. The summed E-state index contributed by atoms with van der Waals surface area (Å²) in [4.78, 5) is 5.00. The van der Waals surface area contributed by atoms with Crippen LogP contribution in [0.2, 0.25) is 0 Å². The lowest BCUT2D eigenvalue weighted by molar-refractivity contribution is 0.737. The molecule has 23 heavy (non-hydrogen) atoms. The molecule has 1 aliphatic heterocycles. The summed E-state index contributed by atoms with van der Waals surface area (Å²) in [6.07, 6.45) is 3.30. The fourth-order valence-corrected chi connectivity index (χ4v) is 3.03. The van der Waals surface area contributed by atoms with E-state index in [-0.39, 0.29) is 12.4 Å². The molecule has 0 fully saturated rings. The molecule has 0 radical (unpaired) electrons. The van der Waals surface area contributed by atoms with Gasteiger partial charge in [0.05, 0.1) is 11.4 Å². The summed E-state index contributed by atoms with van der Waals surface area (Å²) in [5.74, 6) is 0. The van der Waals surface area contributed by atoms with Gasteiger partial charge in [-0.3, -0.25) is 0 Å². The fraction of sp³-hybridized carbons (Fsp3) is 0.150. The molecule has 1 aromatic heterocycles. The number of rotatable bonds is 2. The molecule has 116 valence electrons. The summed E-state index contributed by atoms with van der Waals surface area (Å²) in [7, 11) is 0. The van der Waals surface area contributed by atoms with Crippen LogP contribution in [-0.2, 0) is 0 Å². The Hall–Kier alpha value is -2.16. The minimum Gasteiger partial charge on any atom is -0.313 e. The molecular formula is C20H19ClN2. The fourth-order valence-electron chi connectivity index (χ4n) is 3.03. The predicted molar refractivity (Wildman–Crippen MR) is 99.9 cm³/mol. The van der Waals surface area contributed by atoms with E-state index in [9.17, 15) is 0 Å². The van der Waals surface area contributed by atoms with Gasteiger partial charge in [-0.25, -0.2) is 4.98 Å². The number of nitrogens with zero attached hydrogens (tertiary/aromatic N) is 1. The Kier molecular flexibility index (Phi) is 4.75. The summed E-state index contributed by atoms with van der Waals surface area (Å²) in [6, 6.07) is 21.2. The quantitative estimate of drug-likeness (QED) is 0.739. The standard InChI is InChI=1S/C20H18N2.ClH/c1-2-6-16(7-3-1)20-18-9-5-4-8-17(18)14-19(22-20)15-10-12-21-13-11-15;/h1-10,14,21H,11-13H2;1H. The number of aromatic nitrogens is 1. The third kappa shape index (κ3) is 3.14. The maximum Gasteiger partial charge on any atom is 0.0787 e. The number of nitrogens with one attached hydrogen (secondary N) is 1. The monoisotopic (exact) mass is 322 g/mol. The average Bonchev–Trinajstić information content (AvgIpc) is 2.62. The zero-order valence-electron chi connectivity index (χ0n) is 12.8. The van der Waals surface area contributed by atoms with Gasteiger partial charge in [0.15, 0.2) is 0 Å². The Morgan fingerprint density at radius 2 is 1.70 bits per heavy atom. The number of halogens is 1. The van der Waals surface area contributed by atoms with Crippen LogP contribution in [0.4, 0.5) is 0 Å². The molecule has 2 nitrogen and oxygen atoms in total. The zero-order valence-corrected chi connectivity index (χ0v) is 13.6. The Morgan fingerprint density at radius 3 is 2.48 bits per heavy atom. The van der Waals surface area contributed by atoms with Crippen molar-refractivity contribution in [1.29, 1.82) is 0 Å². The van der Waals surface area contributed by atoms with Gasteiger partial charge in [0.25, 0.3) is 0 Å². The van der Waals surface area contributed by atoms with E-state index in [0.717, 1.165) is 30.9 Å². The second-order valence-electron chi connectivity index (χ2n) is 5.63. The van der Waals surface area contributed by atoms with Crippen LogP contribution < -0.4 is 5.32 Å². The Labute approximate surface area is 142 Å². The maximum atomic E-state index is 5.00. The van der Waals surface area contributed by atoms with Gasteiger partial charge in [-0.15, -0.1) is 12.4 Å². The minimum atomic E-state index is 0. The molecule has 3 aromatic rings. The van der Waals surface area contributed by atoms with Gasteiger partial charge in [0.2, 0.25) is 0 Å². The molecule has 0 unspecified atom stereocenters. The highest BCUT2D eigenvalue weighted by atomic mass is 35.5. The van der Waals surface area contributed by atoms with Crippen LogP contribution in [0.5, 0.6) is 0 Å². The molecule has 0 atom stereocenters. The highest BCUT2D eigenvalue weighted by Gasteiger charge is 2.12. The summed E-state index contributed by atoms with van der Waals surface area (Å²) >= 11 is 0. The van der Waals surface area contributed by atoms with E-state index in [4.69, 9.17) is 4.98 Å². The van der Waals surface area contributed by atoms with E-state index in [0.29, 0.717) is 0 Å². The van der Waals surface area contributed by atoms with Crippen LogP contribution in [0, 0.1) is 0 Å². The van der Waals surface area contributed by atoms with Crippen LogP contribution >= 0.6 is 12.4 Å². The molecule has 1 N–H and O–H groups in total. The van der Waals surface area contributed by atoms with Gasteiger partial charge in [-0.2, -0.15) is 0 Å². The number of benzene rings is 2. The number of hydrogen-bond donors (Lipinski definition) is 1. The molecule has 0 bridgehead atoms. The Balaban J connectivity index is 0.00000156. The van der Waals surface area contributed by atoms with Gasteiger partial charge in [-0.1, -0.05) is 60.7 Å². The van der Waals surface area contributed by atoms with Gasteiger partial charge in [0, 0.05) is 17.5 Å². The largest absolute Gasteiger partial charge is 0.313 e. The van der Waals surface area contributed by atoms with Crippen molar-refractivity contribution in [3.05, 3.63) is 72.4 Å². The van der Waals surface area contributed by atoms with Crippen LogP contribution in [0.25, 0.3) is 27.6 Å². The van der Waals surface area contributed by atoms with E-state index < -0.39 is 0 Å². The lowest BCUT2D eigenvalue weighted by Crippen LogP contribution is -2.20. The highest BCUT2D eigenvalue weighted by molar-refractivity contribution is 5.96. The second kappa shape index (κ2) is 6.95. The highest BCUT2D eigenvalue weighted by Crippen LogP contribution is 2.30. The topological polar surface area (TPSA) is 24.9 Å². The molecule has 2 heterocycles. The Morgan fingerprint density at radius 1 is 0.913 bits per heavy atom. The van der Waals surface area contributed by atoms with Crippen molar-refractivity contribution < 1.29 is 0 Å².